The van der Waals surface area contributed by atoms with Crippen molar-refractivity contribution in [2.24, 2.45) is 14.1 Å². The van der Waals surface area contributed by atoms with Crippen LogP contribution in [0.2, 0.25) is 6.82 Å². The summed E-state index contributed by atoms with van der Waals surface area (Å²) in [5.41, 5.74) is 8.16. The van der Waals surface area contributed by atoms with Crippen molar-refractivity contribution in [1.82, 2.24) is 34.1 Å². The molecule has 0 amide bonds. The Bertz CT molecular complexity index is 1480. The van der Waals surface area contributed by atoms with Crippen LogP contribution in [0, 0.1) is 13.8 Å². The number of benzene rings is 1. The maximum atomic E-state index is 13.3. The zero-order valence-electron chi connectivity index (χ0n) is 17.7. The van der Waals surface area contributed by atoms with E-state index in [1.165, 1.54) is 5.46 Å². The Kier molecular flexibility index (Phi) is 3.96. The van der Waals surface area contributed by atoms with Crippen LogP contribution in [0.4, 0.5) is 0 Å². The van der Waals surface area contributed by atoms with Gasteiger partial charge in [-0.05, 0) is 31.5 Å². The van der Waals surface area contributed by atoms with Gasteiger partial charge in [-0.15, -0.1) is 0 Å². The van der Waals surface area contributed by atoms with Crippen LogP contribution in [-0.4, -0.2) is 41.4 Å². The standard InChI is InChI=1S/C21H22BN7O/c1-11-19(12(2)26-25-11)29-20-15-6-14(13-8-24-27(4)10-13)16(22-3)7-17(15)23-9-18(20)28(5)21(29)30/h6-10,22H,1-5H3,(H,25,26). The average Bonchev–Trinajstić information content (AvgIpc) is 3.38. The van der Waals surface area contributed by atoms with Gasteiger partial charge in [0.15, 0.2) is 7.28 Å². The van der Waals surface area contributed by atoms with Crippen LogP contribution in [0.5, 0.6) is 0 Å². The van der Waals surface area contributed by atoms with Crippen molar-refractivity contribution in [2.45, 2.75) is 20.7 Å². The summed E-state index contributed by atoms with van der Waals surface area (Å²) >= 11 is 0. The first kappa shape index (κ1) is 18.4. The summed E-state index contributed by atoms with van der Waals surface area (Å²) in [5.74, 6) is 0. The van der Waals surface area contributed by atoms with Gasteiger partial charge < -0.3 is 0 Å². The molecule has 5 aromatic rings. The van der Waals surface area contributed by atoms with Crippen LogP contribution < -0.4 is 11.2 Å². The second-order valence-electron chi connectivity index (χ2n) is 7.73. The fraction of sp³-hybridized carbons (Fsp3) is 0.238. The third-order valence-corrected chi connectivity index (χ3v) is 5.82. The summed E-state index contributed by atoms with van der Waals surface area (Å²) in [5, 5.41) is 12.6. The highest BCUT2D eigenvalue weighted by molar-refractivity contribution is 6.54. The fourth-order valence-corrected chi connectivity index (χ4v) is 4.29. The van der Waals surface area contributed by atoms with Crippen molar-refractivity contribution in [1.29, 1.82) is 0 Å². The quantitative estimate of drug-likeness (QED) is 0.468. The number of hydrogen-bond donors (Lipinski definition) is 1. The number of imidazole rings is 1. The number of aromatic amines is 1. The van der Waals surface area contributed by atoms with E-state index in [9.17, 15) is 4.79 Å². The highest BCUT2D eigenvalue weighted by Crippen LogP contribution is 2.29. The number of nitrogens with one attached hydrogen (secondary N) is 1. The molecule has 0 fully saturated rings. The zero-order valence-corrected chi connectivity index (χ0v) is 17.7. The molecule has 0 unspecified atom stereocenters. The van der Waals surface area contributed by atoms with E-state index in [1.807, 2.05) is 33.3 Å². The van der Waals surface area contributed by atoms with Crippen molar-refractivity contribution in [3.63, 3.8) is 0 Å². The van der Waals surface area contributed by atoms with Gasteiger partial charge in [-0.25, -0.2) is 4.79 Å². The Morgan fingerprint density at radius 3 is 2.57 bits per heavy atom. The van der Waals surface area contributed by atoms with Crippen LogP contribution in [-0.2, 0) is 14.1 Å². The molecule has 0 aliphatic heterocycles. The molecule has 1 aromatic carbocycles. The number of aryl methyl sites for hydroxylation is 4. The largest absolute Gasteiger partial charge is 0.333 e. The molecule has 1 N–H and O–H groups in total. The average molecular weight is 399 g/mol. The van der Waals surface area contributed by atoms with Gasteiger partial charge in [-0.2, -0.15) is 10.2 Å². The van der Waals surface area contributed by atoms with E-state index in [1.54, 1.807) is 27.1 Å². The number of nitrogens with zero attached hydrogens (tertiary/aromatic N) is 6. The molecule has 150 valence electrons. The Balaban J connectivity index is 1.96. The highest BCUT2D eigenvalue weighted by atomic mass is 16.1. The van der Waals surface area contributed by atoms with Gasteiger partial charge in [0.2, 0.25) is 0 Å². The van der Waals surface area contributed by atoms with Crippen LogP contribution >= 0.6 is 0 Å². The number of fused-ring (bicyclic) bond motifs is 3. The van der Waals surface area contributed by atoms with E-state index in [4.69, 9.17) is 0 Å². The van der Waals surface area contributed by atoms with E-state index in [0.717, 1.165) is 57.4 Å². The van der Waals surface area contributed by atoms with Gasteiger partial charge in [0, 0.05) is 31.2 Å². The molecular formula is C21H22BN7O. The molecule has 0 aliphatic carbocycles. The maximum absolute atomic E-state index is 13.3. The molecule has 4 heterocycles. The van der Waals surface area contributed by atoms with Gasteiger partial charge >= 0.3 is 5.69 Å². The number of aromatic nitrogens is 7. The predicted octanol–water partition coefficient (Wildman–Crippen LogP) is 1.73. The summed E-state index contributed by atoms with van der Waals surface area (Å²) < 4.78 is 5.20. The molecule has 8 nitrogen and oxygen atoms in total. The second-order valence-corrected chi connectivity index (χ2v) is 7.73. The first-order chi connectivity index (χ1) is 14.4. The van der Waals surface area contributed by atoms with E-state index >= 15 is 0 Å². The molecule has 0 bridgehead atoms. The summed E-state index contributed by atoms with van der Waals surface area (Å²) in [6.45, 7) is 5.97. The van der Waals surface area contributed by atoms with Crippen molar-refractivity contribution in [2.75, 3.05) is 0 Å². The number of pyridine rings is 1. The smallest absolute Gasteiger partial charge is 0.293 e. The molecule has 0 atom stereocenters. The minimum absolute atomic E-state index is 0.116. The molecule has 0 saturated carbocycles. The lowest BCUT2D eigenvalue weighted by Gasteiger charge is -2.11. The summed E-state index contributed by atoms with van der Waals surface area (Å²) in [6, 6.07) is 4.26. The molecule has 4 aromatic heterocycles. The van der Waals surface area contributed by atoms with E-state index < -0.39 is 0 Å². The summed E-state index contributed by atoms with van der Waals surface area (Å²) in [4.78, 5) is 17.9. The third kappa shape index (κ3) is 2.48. The first-order valence-electron chi connectivity index (χ1n) is 9.94. The number of hydrogen-bond acceptors (Lipinski definition) is 4. The Morgan fingerprint density at radius 1 is 1.13 bits per heavy atom. The van der Waals surface area contributed by atoms with Crippen molar-refractivity contribution >= 4 is 34.7 Å². The lowest BCUT2D eigenvalue weighted by molar-refractivity contribution is 0.768. The van der Waals surface area contributed by atoms with Gasteiger partial charge in [0.05, 0.1) is 46.0 Å². The maximum Gasteiger partial charge on any atom is 0.333 e. The Morgan fingerprint density at radius 2 is 1.93 bits per heavy atom. The lowest BCUT2D eigenvalue weighted by Crippen LogP contribution is -2.21. The van der Waals surface area contributed by atoms with Gasteiger partial charge in [-0.3, -0.25) is 23.9 Å². The summed E-state index contributed by atoms with van der Waals surface area (Å²) in [7, 11) is 4.57. The fourth-order valence-electron chi connectivity index (χ4n) is 4.29. The SMILES string of the molecule is CBc1cc2ncc3c(c2cc1-c1cnn(C)c1)n(-c1c(C)n[nH]c1C)c(=O)n3C. The molecule has 5 rings (SSSR count). The number of rotatable bonds is 3. The second kappa shape index (κ2) is 6.45. The highest BCUT2D eigenvalue weighted by Gasteiger charge is 2.21. The van der Waals surface area contributed by atoms with Crippen LogP contribution in [0.25, 0.3) is 38.8 Å². The zero-order chi connectivity index (χ0) is 21.2. The van der Waals surface area contributed by atoms with Gasteiger partial charge in [0.25, 0.3) is 0 Å². The lowest BCUT2D eigenvalue weighted by atomic mass is 9.69. The monoisotopic (exact) mass is 399 g/mol. The van der Waals surface area contributed by atoms with Crippen molar-refractivity contribution in [3.8, 4) is 16.8 Å². The normalized spacial score (nSPS) is 11.6. The molecule has 0 aliphatic rings. The van der Waals surface area contributed by atoms with Crippen LogP contribution in [0.1, 0.15) is 11.4 Å². The first-order valence-corrected chi connectivity index (χ1v) is 9.94. The van der Waals surface area contributed by atoms with Gasteiger partial charge in [0.1, 0.15) is 0 Å². The molecule has 0 radical (unpaired) electrons. The van der Waals surface area contributed by atoms with Crippen LogP contribution in [0.15, 0.2) is 35.5 Å². The minimum Gasteiger partial charge on any atom is -0.293 e. The molecular weight excluding hydrogens is 377 g/mol. The topological polar surface area (TPSA) is 86.3 Å². The summed E-state index contributed by atoms with van der Waals surface area (Å²) in [6.07, 6.45) is 5.66. The minimum atomic E-state index is -0.116. The van der Waals surface area contributed by atoms with E-state index in [-0.39, 0.29) is 5.69 Å². The van der Waals surface area contributed by atoms with Gasteiger partial charge in [-0.1, -0.05) is 12.3 Å². The van der Waals surface area contributed by atoms with E-state index in [2.05, 4.69) is 39.2 Å². The van der Waals surface area contributed by atoms with Crippen molar-refractivity contribution < 1.29 is 0 Å². The Hall–Kier alpha value is -3.62. The molecule has 9 heteroatoms. The molecule has 0 saturated heterocycles. The number of H-pyrrole nitrogens is 1. The molecule has 30 heavy (non-hydrogen) atoms. The Labute approximate surface area is 173 Å². The predicted molar refractivity (Wildman–Crippen MR) is 120 cm³/mol. The third-order valence-electron chi connectivity index (χ3n) is 5.82. The van der Waals surface area contributed by atoms with Crippen molar-refractivity contribution in [3.05, 3.63) is 52.6 Å². The molecule has 0 spiro atoms. The van der Waals surface area contributed by atoms with E-state index in [0.29, 0.717) is 0 Å². The van der Waals surface area contributed by atoms with Crippen LogP contribution in [0.3, 0.4) is 0 Å².